The molecule has 1 aliphatic heterocycles. The maximum atomic E-state index is 12.4. The zero-order valence-corrected chi connectivity index (χ0v) is 14.1. The van der Waals surface area contributed by atoms with Gasteiger partial charge in [-0.05, 0) is 57.0 Å². The van der Waals surface area contributed by atoms with Crippen molar-refractivity contribution in [3.63, 3.8) is 0 Å². The van der Waals surface area contributed by atoms with Gasteiger partial charge in [0.25, 0.3) is 0 Å². The van der Waals surface area contributed by atoms with E-state index in [1.807, 2.05) is 19.9 Å². The van der Waals surface area contributed by atoms with E-state index in [0.29, 0.717) is 17.7 Å². The number of nitrogens with zero attached hydrogens (tertiary/aromatic N) is 2. The molecule has 0 N–H and O–H groups in total. The van der Waals surface area contributed by atoms with Crippen molar-refractivity contribution < 1.29 is 14.3 Å². The molecule has 5 heteroatoms. The van der Waals surface area contributed by atoms with Crippen LogP contribution in [0.25, 0.3) is 0 Å². The lowest BCUT2D eigenvalue weighted by atomic mass is 9.89. The number of nitriles is 1. The number of ketones is 1. The van der Waals surface area contributed by atoms with E-state index in [4.69, 9.17) is 10.00 Å². The molecule has 1 atom stereocenters. The summed E-state index contributed by atoms with van der Waals surface area (Å²) >= 11 is 0. The van der Waals surface area contributed by atoms with Crippen molar-refractivity contribution in [2.45, 2.75) is 39.7 Å². The third-order valence-electron chi connectivity index (χ3n) is 4.32. The van der Waals surface area contributed by atoms with Crippen LogP contribution < -0.4 is 4.90 Å². The Morgan fingerprint density at radius 2 is 2.04 bits per heavy atom. The van der Waals surface area contributed by atoms with Crippen LogP contribution in [0.3, 0.4) is 0 Å². The molecule has 0 spiro atoms. The van der Waals surface area contributed by atoms with E-state index in [0.717, 1.165) is 16.8 Å². The normalized spacial score (nSPS) is 20.8. The summed E-state index contributed by atoms with van der Waals surface area (Å²) < 4.78 is 5.40. The van der Waals surface area contributed by atoms with E-state index in [1.54, 1.807) is 31.0 Å². The first kappa shape index (κ1) is 16.8. The van der Waals surface area contributed by atoms with Crippen LogP contribution in [0, 0.1) is 18.3 Å². The van der Waals surface area contributed by atoms with E-state index in [1.165, 1.54) is 6.92 Å². The predicted octanol–water partition coefficient (Wildman–Crippen LogP) is 2.87. The number of aryl methyl sites for hydroxylation is 1. The number of hydrogen-bond donors (Lipinski definition) is 0. The van der Waals surface area contributed by atoms with Crippen LogP contribution in [-0.4, -0.2) is 24.4 Å². The van der Waals surface area contributed by atoms with E-state index < -0.39 is 11.6 Å². The number of likely N-dealkylation sites (N-methyl/N-ethyl adjacent to an activating group) is 1. The maximum absolute atomic E-state index is 12.4. The molecule has 1 aromatic carbocycles. The van der Waals surface area contributed by atoms with Crippen molar-refractivity contribution in [3.05, 3.63) is 40.6 Å². The highest BCUT2D eigenvalue weighted by Gasteiger charge is 2.41. The summed E-state index contributed by atoms with van der Waals surface area (Å²) in [7, 11) is 1.78. The molecule has 0 aliphatic carbocycles. The van der Waals surface area contributed by atoms with Crippen molar-refractivity contribution in [1.29, 1.82) is 5.26 Å². The zero-order chi connectivity index (χ0) is 17.4. The summed E-state index contributed by atoms with van der Waals surface area (Å²) in [5.74, 6) is -0.669. The summed E-state index contributed by atoms with van der Waals surface area (Å²) in [6, 6.07) is 7.49. The Balaban J connectivity index is 2.41. The fourth-order valence-corrected chi connectivity index (χ4v) is 2.78. The van der Waals surface area contributed by atoms with Crippen LogP contribution >= 0.6 is 0 Å². The monoisotopic (exact) mass is 312 g/mol. The molecule has 1 aromatic rings. The van der Waals surface area contributed by atoms with Crippen LogP contribution in [0.5, 0.6) is 0 Å². The van der Waals surface area contributed by atoms with Crippen LogP contribution in [0.1, 0.15) is 38.3 Å². The minimum absolute atomic E-state index is 0.166. The fraction of sp³-hybridized carbons (Fsp3) is 0.389. The largest absolute Gasteiger partial charge is 0.446 e. The van der Waals surface area contributed by atoms with E-state index in [2.05, 4.69) is 6.07 Å². The molecule has 120 valence electrons. The molecule has 0 bridgehead atoms. The minimum atomic E-state index is -1.09. The Morgan fingerprint density at radius 3 is 2.52 bits per heavy atom. The first-order valence-electron chi connectivity index (χ1n) is 7.38. The summed E-state index contributed by atoms with van der Waals surface area (Å²) in [5, 5.41) is 9.01. The molecule has 0 radical (unpaired) electrons. The lowest BCUT2D eigenvalue weighted by Crippen LogP contribution is -2.45. The number of anilines is 1. The first-order valence-corrected chi connectivity index (χ1v) is 7.38. The quantitative estimate of drug-likeness (QED) is 0.803. The minimum Gasteiger partial charge on any atom is -0.446 e. The Hall–Kier alpha value is -2.61. The SMILES string of the molecule is CC(=O)C1(C)CC(C)=C(N(C)c2ccc(C#N)c(C)c2)C(=O)O1. The topological polar surface area (TPSA) is 70.4 Å². The summed E-state index contributed by atoms with van der Waals surface area (Å²) in [6.07, 6.45) is 0.378. The van der Waals surface area contributed by atoms with Gasteiger partial charge in [-0.3, -0.25) is 4.79 Å². The van der Waals surface area contributed by atoms with Crippen LogP contribution in [0.15, 0.2) is 29.5 Å². The second-order valence-corrected chi connectivity index (χ2v) is 6.15. The third kappa shape index (κ3) is 2.98. The molecule has 0 aromatic heterocycles. The van der Waals surface area contributed by atoms with Gasteiger partial charge < -0.3 is 9.64 Å². The van der Waals surface area contributed by atoms with Gasteiger partial charge >= 0.3 is 5.97 Å². The Bertz CT molecular complexity index is 758. The van der Waals surface area contributed by atoms with Crippen molar-refractivity contribution in [1.82, 2.24) is 0 Å². The molecule has 1 aliphatic rings. The Morgan fingerprint density at radius 1 is 1.39 bits per heavy atom. The second-order valence-electron chi connectivity index (χ2n) is 6.15. The molecular formula is C18H20N2O3. The molecule has 0 amide bonds. The van der Waals surface area contributed by atoms with Crippen LogP contribution in [0.2, 0.25) is 0 Å². The molecule has 0 saturated carbocycles. The lowest BCUT2D eigenvalue weighted by molar-refractivity contribution is -0.163. The molecule has 0 saturated heterocycles. The summed E-state index contributed by atoms with van der Waals surface area (Å²) in [5.41, 5.74) is 2.39. The maximum Gasteiger partial charge on any atom is 0.355 e. The highest BCUT2D eigenvalue weighted by Crippen LogP contribution is 2.33. The van der Waals surface area contributed by atoms with Crippen molar-refractivity contribution in [2.75, 3.05) is 11.9 Å². The van der Waals surface area contributed by atoms with Gasteiger partial charge in [0, 0.05) is 19.2 Å². The lowest BCUT2D eigenvalue weighted by Gasteiger charge is -2.35. The number of ether oxygens (including phenoxy) is 1. The number of carbonyl (C=O) groups is 2. The van der Waals surface area contributed by atoms with E-state index in [9.17, 15) is 9.59 Å². The number of cyclic esters (lactones) is 1. The average molecular weight is 312 g/mol. The van der Waals surface area contributed by atoms with Gasteiger partial charge in [0.05, 0.1) is 11.6 Å². The van der Waals surface area contributed by atoms with Gasteiger partial charge in [0.15, 0.2) is 11.4 Å². The molecule has 23 heavy (non-hydrogen) atoms. The standard InChI is InChI=1S/C18H20N2O3/c1-11-8-15(7-6-14(11)10-19)20(5)16-12(2)9-18(4,13(3)21)23-17(16)22/h6-8H,9H2,1-5H3. The van der Waals surface area contributed by atoms with Crippen molar-refractivity contribution in [2.24, 2.45) is 0 Å². The van der Waals surface area contributed by atoms with Gasteiger partial charge in [0.2, 0.25) is 0 Å². The number of rotatable bonds is 3. The van der Waals surface area contributed by atoms with E-state index in [-0.39, 0.29) is 5.78 Å². The highest BCUT2D eigenvalue weighted by atomic mass is 16.6. The van der Waals surface area contributed by atoms with E-state index >= 15 is 0 Å². The molecule has 1 unspecified atom stereocenters. The predicted molar refractivity (Wildman–Crippen MR) is 86.8 cm³/mol. The van der Waals surface area contributed by atoms with Gasteiger partial charge in [-0.25, -0.2) is 4.79 Å². The third-order valence-corrected chi connectivity index (χ3v) is 4.32. The molecule has 2 rings (SSSR count). The van der Waals surface area contributed by atoms with Crippen LogP contribution in [-0.2, 0) is 14.3 Å². The van der Waals surface area contributed by atoms with Gasteiger partial charge in [-0.1, -0.05) is 0 Å². The molecular weight excluding hydrogens is 292 g/mol. The smallest absolute Gasteiger partial charge is 0.355 e. The average Bonchev–Trinajstić information content (AvgIpc) is 2.45. The number of esters is 1. The molecule has 0 fully saturated rings. The molecule has 1 heterocycles. The Kier molecular flexibility index (Phi) is 4.28. The first-order chi connectivity index (χ1) is 10.7. The van der Waals surface area contributed by atoms with Crippen molar-refractivity contribution in [3.8, 4) is 6.07 Å². The summed E-state index contributed by atoms with van der Waals surface area (Å²) in [6.45, 7) is 6.76. The number of carbonyl (C=O) groups excluding carboxylic acids is 2. The number of benzene rings is 1. The highest BCUT2D eigenvalue weighted by molar-refractivity contribution is 5.98. The molecule has 5 nitrogen and oxygen atoms in total. The second kappa shape index (κ2) is 5.88. The number of Topliss-reactive ketones (excluding diaryl/α,β-unsaturated/α-hetero) is 1. The van der Waals surface area contributed by atoms with Gasteiger partial charge in [0.1, 0.15) is 5.70 Å². The van der Waals surface area contributed by atoms with Crippen LogP contribution in [0.4, 0.5) is 5.69 Å². The number of hydrogen-bond acceptors (Lipinski definition) is 5. The fourth-order valence-electron chi connectivity index (χ4n) is 2.78. The summed E-state index contributed by atoms with van der Waals surface area (Å²) in [4.78, 5) is 25.9. The van der Waals surface area contributed by atoms with Gasteiger partial charge in [-0.2, -0.15) is 5.26 Å². The van der Waals surface area contributed by atoms with Crippen molar-refractivity contribution >= 4 is 17.4 Å². The Labute approximate surface area is 136 Å². The zero-order valence-electron chi connectivity index (χ0n) is 14.1. The van der Waals surface area contributed by atoms with Gasteiger partial charge in [-0.15, -0.1) is 0 Å².